The number of hydrogen-bond acceptors (Lipinski definition) is 4. The van der Waals surface area contributed by atoms with Crippen LogP contribution in [0.1, 0.15) is 0 Å². The first-order valence-corrected chi connectivity index (χ1v) is 5.63. The van der Waals surface area contributed by atoms with E-state index in [1.807, 2.05) is 26.0 Å². The maximum Gasteiger partial charge on any atom is 0.199 e. The van der Waals surface area contributed by atoms with Gasteiger partial charge in [0.15, 0.2) is 5.29 Å². The Balaban J connectivity index is 4.04. The van der Waals surface area contributed by atoms with Crippen LogP contribution in [0.15, 0.2) is 17.4 Å². The van der Waals surface area contributed by atoms with Crippen molar-refractivity contribution in [1.29, 1.82) is 0 Å². The summed E-state index contributed by atoms with van der Waals surface area (Å²) in [5.74, 6) is 1.32. The van der Waals surface area contributed by atoms with Gasteiger partial charge in [0, 0.05) is 40.1 Å². The minimum Gasteiger partial charge on any atom is -0.359 e. The van der Waals surface area contributed by atoms with E-state index in [2.05, 4.69) is 29.5 Å². The lowest BCUT2D eigenvalue weighted by Gasteiger charge is -2.19. The molecule has 15 heavy (non-hydrogen) atoms. The van der Waals surface area contributed by atoms with Crippen LogP contribution in [0.25, 0.3) is 0 Å². The van der Waals surface area contributed by atoms with Crippen LogP contribution >= 0.6 is 24.2 Å². The molecule has 0 fully saturated rings. The molecule has 0 aliphatic heterocycles. The van der Waals surface area contributed by atoms with E-state index in [4.69, 9.17) is 11.6 Å². The molecule has 0 aliphatic rings. The number of nitrogens with zero attached hydrogens (tertiary/aromatic N) is 3. The fraction of sp³-hybridized carbons (Fsp3) is 0.667. The predicted octanol–water partition coefficient (Wildman–Crippen LogP) is 1.02. The summed E-state index contributed by atoms with van der Waals surface area (Å²) in [6.07, 6.45) is 0. The third-order valence-corrected chi connectivity index (χ3v) is 2.41. The SMILES string of the molecule is C=C(/N=C(/Cl)N(C)C)N(C)CCNCS. The maximum absolute atomic E-state index is 5.88. The minimum absolute atomic E-state index is 0.425. The zero-order chi connectivity index (χ0) is 11.8. The lowest BCUT2D eigenvalue weighted by atomic mass is 10.5. The van der Waals surface area contributed by atoms with Crippen molar-refractivity contribution in [1.82, 2.24) is 15.1 Å². The highest BCUT2D eigenvalue weighted by Crippen LogP contribution is 2.02. The molecule has 0 saturated carbocycles. The zero-order valence-corrected chi connectivity index (χ0v) is 11.1. The predicted molar refractivity (Wildman–Crippen MR) is 70.6 cm³/mol. The lowest BCUT2D eigenvalue weighted by Crippen LogP contribution is -2.28. The quantitative estimate of drug-likeness (QED) is 0.184. The standard InChI is InChI=1S/C9H19ClN4S/c1-8(12-9(10)13(2)3)14(4)6-5-11-7-15/h11,15H,1,5-7H2,2-4H3/b12-9-. The van der Waals surface area contributed by atoms with Crippen LogP contribution in [-0.4, -0.2) is 55.2 Å². The summed E-state index contributed by atoms with van der Waals surface area (Å²) in [4.78, 5) is 7.81. The van der Waals surface area contributed by atoms with E-state index < -0.39 is 0 Å². The van der Waals surface area contributed by atoms with E-state index in [1.165, 1.54) is 0 Å². The first-order chi connectivity index (χ1) is 6.99. The Morgan fingerprint density at radius 2 is 2.07 bits per heavy atom. The average molecular weight is 251 g/mol. The van der Waals surface area contributed by atoms with Gasteiger partial charge in [-0.25, -0.2) is 4.99 Å². The third-order valence-electron chi connectivity index (χ3n) is 1.77. The molecule has 0 bridgehead atoms. The van der Waals surface area contributed by atoms with Gasteiger partial charge in [-0.1, -0.05) is 6.58 Å². The second-order valence-corrected chi connectivity index (χ2v) is 3.93. The van der Waals surface area contributed by atoms with Crippen molar-refractivity contribution in [3.63, 3.8) is 0 Å². The molecule has 0 aromatic rings. The Labute approximate surface area is 102 Å². The van der Waals surface area contributed by atoms with Crippen molar-refractivity contribution in [2.75, 3.05) is 40.1 Å². The minimum atomic E-state index is 0.425. The van der Waals surface area contributed by atoms with E-state index in [1.54, 1.807) is 4.90 Å². The Hall–Kier alpha value is -0.390. The summed E-state index contributed by atoms with van der Waals surface area (Å²) >= 11 is 9.93. The largest absolute Gasteiger partial charge is 0.359 e. The molecule has 88 valence electrons. The van der Waals surface area contributed by atoms with Gasteiger partial charge < -0.3 is 15.1 Å². The van der Waals surface area contributed by atoms with Gasteiger partial charge >= 0.3 is 0 Å². The highest BCUT2D eigenvalue weighted by Gasteiger charge is 2.02. The first-order valence-electron chi connectivity index (χ1n) is 4.62. The number of halogens is 1. The molecular formula is C9H19ClN4S. The van der Waals surface area contributed by atoms with Crippen molar-refractivity contribution in [2.24, 2.45) is 4.99 Å². The van der Waals surface area contributed by atoms with Crippen LogP contribution in [-0.2, 0) is 0 Å². The maximum atomic E-state index is 5.88. The van der Waals surface area contributed by atoms with Gasteiger partial charge in [-0.05, 0) is 11.6 Å². The third kappa shape index (κ3) is 6.65. The molecule has 0 unspecified atom stereocenters. The number of aliphatic imine (C=N–C) groups is 1. The van der Waals surface area contributed by atoms with Gasteiger partial charge in [-0.3, -0.25) is 0 Å². The summed E-state index contributed by atoms with van der Waals surface area (Å²) in [5.41, 5.74) is 0. The molecule has 0 spiro atoms. The van der Waals surface area contributed by atoms with Crippen molar-refractivity contribution < 1.29 is 0 Å². The Bertz CT molecular complexity index is 230. The number of hydrogen-bond donors (Lipinski definition) is 2. The molecule has 0 heterocycles. The van der Waals surface area contributed by atoms with E-state index >= 15 is 0 Å². The Kier molecular flexibility index (Phi) is 7.64. The second kappa shape index (κ2) is 7.84. The van der Waals surface area contributed by atoms with Gasteiger partial charge in [-0.15, -0.1) is 0 Å². The molecule has 0 aromatic heterocycles. The average Bonchev–Trinajstić information content (AvgIpc) is 2.17. The summed E-state index contributed by atoms with van der Waals surface area (Å²) < 4.78 is 0. The molecule has 0 saturated heterocycles. The summed E-state index contributed by atoms with van der Waals surface area (Å²) in [5, 5.41) is 3.52. The van der Waals surface area contributed by atoms with Gasteiger partial charge in [0.05, 0.1) is 0 Å². The van der Waals surface area contributed by atoms with Crippen LogP contribution in [0.2, 0.25) is 0 Å². The number of likely N-dealkylation sites (N-methyl/N-ethyl adjacent to an activating group) is 1. The molecule has 0 radical (unpaired) electrons. The zero-order valence-electron chi connectivity index (χ0n) is 9.50. The molecule has 0 rings (SSSR count). The summed E-state index contributed by atoms with van der Waals surface area (Å²) in [7, 11) is 5.59. The van der Waals surface area contributed by atoms with Crippen molar-refractivity contribution in [3.8, 4) is 0 Å². The van der Waals surface area contributed by atoms with Gasteiger partial charge in [-0.2, -0.15) is 12.6 Å². The van der Waals surface area contributed by atoms with E-state index in [9.17, 15) is 0 Å². The van der Waals surface area contributed by atoms with Crippen LogP contribution in [0.4, 0.5) is 0 Å². The molecule has 1 N–H and O–H groups in total. The number of rotatable bonds is 6. The fourth-order valence-corrected chi connectivity index (χ4v) is 1.00. The van der Waals surface area contributed by atoms with Gasteiger partial charge in [0.2, 0.25) is 0 Å². The topological polar surface area (TPSA) is 30.9 Å². The van der Waals surface area contributed by atoms with Crippen molar-refractivity contribution in [2.45, 2.75) is 0 Å². The Morgan fingerprint density at radius 1 is 1.47 bits per heavy atom. The number of thiol groups is 1. The second-order valence-electron chi connectivity index (χ2n) is 3.27. The van der Waals surface area contributed by atoms with Crippen molar-refractivity contribution >= 4 is 29.5 Å². The molecule has 0 aliphatic carbocycles. The Morgan fingerprint density at radius 3 is 2.53 bits per heavy atom. The molecular weight excluding hydrogens is 232 g/mol. The fourth-order valence-electron chi connectivity index (χ4n) is 0.747. The summed E-state index contributed by atoms with van der Waals surface area (Å²) in [6.45, 7) is 5.50. The molecule has 6 heteroatoms. The van der Waals surface area contributed by atoms with Gasteiger partial charge in [0.1, 0.15) is 5.82 Å². The smallest absolute Gasteiger partial charge is 0.199 e. The molecule has 4 nitrogen and oxygen atoms in total. The monoisotopic (exact) mass is 250 g/mol. The van der Waals surface area contributed by atoms with Crippen molar-refractivity contribution in [3.05, 3.63) is 12.4 Å². The molecule has 0 aromatic carbocycles. The van der Waals surface area contributed by atoms with Crippen LogP contribution in [0, 0.1) is 0 Å². The van der Waals surface area contributed by atoms with Crippen LogP contribution < -0.4 is 5.32 Å². The number of nitrogens with one attached hydrogen (secondary N) is 1. The molecule has 0 atom stereocenters. The first kappa shape index (κ1) is 14.6. The highest BCUT2D eigenvalue weighted by atomic mass is 35.5. The van der Waals surface area contributed by atoms with E-state index in [-0.39, 0.29) is 0 Å². The lowest BCUT2D eigenvalue weighted by molar-refractivity contribution is 0.411. The van der Waals surface area contributed by atoms with E-state index in [0.29, 0.717) is 17.0 Å². The highest BCUT2D eigenvalue weighted by molar-refractivity contribution is 7.80. The summed E-state index contributed by atoms with van der Waals surface area (Å²) in [6, 6.07) is 0. The number of amidine groups is 1. The van der Waals surface area contributed by atoms with Gasteiger partial charge in [0.25, 0.3) is 0 Å². The van der Waals surface area contributed by atoms with Crippen LogP contribution in [0.5, 0.6) is 0 Å². The molecule has 0 amide bonds. The van der Waals surface area contributed by atoms with E-state index in [0.717, 1.165) is 13.1 Å². The van der Waals surface area contributed by atoms with Crippen LogP contribution in [0.3, 0.4) is 0 Å². The normalized spacial score (nSPS) is 11.4.